The molecule has 0 saturated carbocycles. The van der Waals surface area contributed by atoms with Crippen LogP contribution in [0.1, 0.15) is 25.1 Å². The molecule has 12 heteroatoms. The highest BCUT2D eigenvalue weighted by atomic mass is 19.4. The van der Waals surface area contributed by atoms with E-state index < -0.39 is 30.1 Å². The topological polar surface area (TPSA) is 110 Å². The Morgan fingerprint density at radius 1 is 1.38 bits per heavy atom. The van der Waals surface area contributed by atoms with Gasteiger partial charge in [-0.3, -0.25) is 24.7 Å². The third kappa shape index (κ3) is 3.58. The Balaban J connectivity index is 1.80. The number of aromatic amines is 1. The average Bonchev–Trinajstić information content (AvgIpc) is 3.20. The van der Waals surface area contributed by atoms with Gasteiger partial charge in [-0.25, -0.2) is 4.98 Å². The summed E-state index contributed by atoms with van der Waals surface area (Å²) in [5.41, 5.74) is 0.0692. The lowest BCUT2D eigenvalue weighted by Gasteiger charge is -2.19. The molecular formula is C14H14F3N7O2. The largest absolute Gasteiger partial charge is 0.411 e. The maximum Gasteiger partial charge on any atom is 0.411 e. The minimum absolute atomic E-state index is 0.0177. The van der Waals surface area contributed by atoms with Crippen molar-refractivity contribution in [3.8, 4) is 0 Å². The van der Waals surface area contributed by atoms with Crippen LogP contribution in [0.15, 0.2) is 29.3 Å². The molecule has 2 N–H and O–H groups in total. The fourth-order valence-electron chi connectivity index (χ4n) is 2.35. The highest BCUT2D eigenvalue weighted by Crippen LogP contribution is 2.32. The van der Waals surface area contributed by atoms with E-state index in [1.807, 2.05) is 0 Å². The molecule has 0 spiro atoms. The molecule has 3 heterocycles. The number of alkyl halides is 3. The number of hydrogen-bond donors (Lipinski definition) is 2. The highest BCUT2D eigenvalue weighted by Gasteiger charge is 2.42. The Hall–Kier alpha value is -3.18. The fraction of sp³-hybridized carbons (Fsp3) is 0.357. The first-order chi connectivity index (χ1) is 12.3. The number of hydrogen-bond acceptors (Lipinski definition) is 5. The van der Waals surface area contributed by atoms with Crippen molar-refractivity contribution in [2.24, 2.45) is 0 Å². The number of carbonyl (C=O) groups excluding carboxylic acids is 1. The Morgan fingerprint density at radius 3 is 2.77 bits per heavy atom. The number of halogens is 3. The molecule has 0 saturated heterocycles. The normalized spacial score (nSPS) is 13.1. The van der Waals surface area contributed by atoms with Crippen molar-refractivity contribution in [3.63, 3.8) is 0 Å². The van der Waals surface area contributed by atoms with Gasteiger partial charge < -0.3 is 0 Å². The van der Waals surface area contributed by atoms with Crippen LogP contribution in [-0.4, -0.2) is 41.4 Å². The number of aromatic nitrogens is 6. The second-order valence-electron chi connectivity index (χ2n) is 5.44. The third-order valence-corrected chi connectivity index (χ3v) is 3.60. The minimum atomic E-state index is -4.66. The second-order valence-corrected chi connectivity index (χ2v) is 5.44. The molecule has 138 valence electrons. The Kier molecular flexibility index (Phi) is 4.49. The van der Waals surface area contributed by atoms with Crippen LogP contribution in [0.5, 0.6) is 0 Å². The molecule has 3 aromatic heterocycles. The number of fused-ring (bicyclic) bond motifs is 1. The molecule has 9 nitrogen and oxygen atoms in total. The molecular weight excluding hydrogens is 355 g/mol. The molecule has 0 aliphatic rings. The van der Waals surface area contributed by atoms with E-state index in [1.54, 1.807) is 6.92 Å². The first-order valence-electron chi connectivity index (χ1n) is 7.62. The fourth-order valence-corrected chi connectivity index (χ4v) is 2.35. The molecule has 0 fully saturated rings. The Labute approximate surface area is 143 Å². The summed E-state index contributed by atoms with van der Waals surface area (Å²) in [6.07, 6.45) is -2.73. The summed E-state index contributed by atoms with van der Waals surface area (Å²) in [6, 6.07) is 0.516. The van der Waals surface area contributed by atoms with Gasteiger partial charge in [0.15, 0.2) is 6.04 Å². The highest BCUT2D eigenvalue weighted by molar-refractivity contribution is 5.89. The zero-order chi connectivity index (χ0) is 18.9. The smallest absolute Gasteiger partial charge is 0.295 e. The van der Waals surface area contributed by atoms with Gasteiger partial charge in [0.1, 0.15) is 0 Å². The van der Waals surface area contributed by atoms with Crippen molar-refractivity contribution in [3.05, 3.63) is 40.6 Å². The predicted octanol–water partition coefficient (Wildman–Crippen LogP) is 1.31. The second kappa shape index (κ2) is 6.61. The summed E-state index contributed by atoms with van der Waals surface area (Å²) in [6.45, 7) is 1.81. The molecule has 0 radical (unpaired) electrons. The monoisotopic (exact) mass is 369 g/mol. The zero-order valence-electron chi connectivity index (χ0n) is 13.5. The number of anilines is 1. The molecule has 1 unspecified atom stereocenters. The van der Waals surface area contributed by atoms with Crippen LogP contribution in [0.25, 0.3) is 5.78 Å². The lowest BCUT2D eigenvalue weighted by molar-refractivity contribution is -0.174. The van der Waals surface area contributed by atoms with Gasteiger partial charge in [0, 0.05) is 24.2 Å². The summed E-state index contributed by atoms with van der Waals surface area (Å²) in [7, 11) is 0. The molecule has 3 rings (SSSR count). The van der Waals surface area contributed by atoms with Crippen LogP contribution < -0.4 is 10.9 Å². The molecule has 1 atom stereocenters. The first kappa shape index (κ1) is 17.6. The Bertz CT molecular complexity index is 975. The summed E-state index contributed by atoms with van der Waals surface area (Å²) in [5.74, 6) is -1.09. The first-order valence-corrected chi connectivity index (χ1v) is 7.62. The SMILES string of the molecule is CCc1cc(=O)n2[nH]c(NC(=O)CC(n3cccn3)C(F)(F)F)nc2n1. The molecule has 1 amide bonds. The van der Waals surface area contributed by atoms with Gasteiger partial charge >= 0.3 is 6.18 Å². The Morgan fingerprint density at radius 2 is 2.15 bits per heavy atom. The predicted molar refractivity (Wildman–Crippen MR) is 83.6 cm³/mol. The summed E-state index contributed by atoms with van der Waals surface area (Å²) >= 11 is 0. The number of nitrogens with one attached hydrogen (secondary N) is 2. The molecule has 0 aliphatic carbocycles. The van der Waals surface area contributed by atoms with Gasteiger partial charge in [0.05, 0.1) is 6.42 Å². The van der Waals surface area contributed by atoms with Gasteiger partial charge in [-0.2, -0.15) is 27.8 Å². The lowest BCUT2D eigenvalue weighted by Crippen LogP contribution is -2.31. The number of aryl methyl sites for hydroxylation is 1. The average molecular weight is 369 g/mol. The molecule has 3 aromatic rings. The van der Waals surface area contributed by atoms with Gasteiger partial charge in [-0.15, -0.1) is 0 Å². The number of H-pyrrole nitrogens is 1. The van der Waals surface area contributed by atoms with Crippen molar-refractivity contribution in [2.45, 2.75) is 32.0 Å². The molecule has 0 bridgehead atoms. The van der Waals surface area contributed by atoms with Crippen LogP contribution in [0.2, 0.25) is 0 Å². The maximum atomic E-state index is 13.2. The minimum Gasteiger partial charge on any atom is -0.295 e. The summed E-state index contributed by atoms with van der Waals surface area (Å²) in [4.78, 5) is 31.9. The van der Waals surface area contributed by atoms with E-state index in [1.165, 1.54) is 18.3 Å². The van der Waals surface area contributed by atoms with E-state index >= 15 is 0 Å². The van der Waals surface area contributed by atoms with Crippen LogP contribution in [0.3, 0.4) is 0 Å². The third-order valence-electron chi connectivity index (χ3n) is 3.60. The lowest BCUT2D eigenvalue weighted by atomic mass is 10.2. The summed E-state index contributed by atoms with van der Waals surface area (Å²) < 4.78 is 41.2. The van der Waals surface area contributed by atoms with Crippen LogP contribution >= 0.6 is 0 Å². The van der Waals surface area contributed by atoms with Crippen molar-refractivity contribution < 1.29 is 18.0 Å². The van der Waals surface area contributed by atoms with Gasteiger partial charge in [0.2, 0.25) is 11.9 Å². The van der Waals surface area contributed by atoms with Crippen LogP contribution in [0, 0.1) is 0 Å². The van der Waals surface area contributed by atoms with Gasteiger partial charge in [0.25, 0.3) is 11.3 Å². The van der Waals surface area contributed by atoms with Crippen molar-refractivity contribution in [1.29, 1.82) is 0 Å². The van der Waals surface area contributed by atoms with Crippen molar-refractivity contribution in [1.82, 2.24) is 29.4 Å². The van der Waals surface area contributed by atoms with E-state index in [2.05, 4.69) is 25.5 Å². The number of rotatable bonds is 5. The number of carbonyl (C=O) groups is 1. The van der Waals surface area contributed by atoms with E-state index in [9.17, 15) is 22.8 Å². The van der Waals surface area contributed by atoms with Gasteiger partial charge in [-0.05, 0) is 12.5 Å². The maximum absolute atomic E-state index is 13.2. The van der Waals surface area contributed by atoms with Gasteiger partial charge in [-0.1, -0.05) is 6.92 Å². The van der Waals surface area contributed by atoms with E-state index in [0.717, 1.165) is 10.7 Å². The zero-order valence-corrected chi connectivity index (χ0v) is 13.5. The van der Waals surface area contributed by atoms with Crippen LogP contribution in [-0.2, 0) is 11.2 Å². The van der Waals surface area contributed by atoms with E-state index in [-0.39, 0.29) is 11.7 Å². The quantitative estimate of drug-likeness (QED) is 0.705. The standard InChI is InChI=1S/C14H14F3N7O2/c1-2-8-6-11(26)24-13(19-8)21-12(22-24)20-10(25)7-9(14(15,16)17)23-5-3-4-18-23/h3-6,9H,2,7H2,1H3,(H2,19,20,21,22,25). The van der Waals surface area contributed by atoms with Crippen LogP contribution in [0.4, 0.5) is 19.1 Å². The van der Waals surface area contributed by atoms with Crippen molar-refractivity contribution >= 4 is 17.6 Å². The molecule has 26 heavy (non-hydrogen) atoms. The molecule has 0 aromatic carbocycles. The van der Waals surface area contributed by atoms with Crippen molar-refractivity contribution in [2.75, 3.05) is 5.32 Å². The van der Waals surface area contributed by atoms with E-state index in [0.29, 0.717) is 16.8 Å². The number of amides is 1. The molecule has 0 aliphatic heterocycles. The summed E-state index contributed by atoms with van der Waals surface area (Å²) in [5, 5.41) is 8.25. The van der Waals surface area contributed by atoms with E-state index in [4.69, 9.17) is 0 Å². The number of nitrogens with zero attached hydrogens (tertiary/aromatic N) is 5.